The fraction of sp³-hybridized carbons (Fsp3) is 1.00. The molecule has 0 N–H and O–H groups in total. The highest BCUT2D eigenvalue weighted by molar-refractivity contribution is 5.00. The van der Waals surface area contributed by atoms with Gasteiger partial charge in [-0.25, -0.2) is 0 Å². The Morgan fingerprint density at radius 1 is 1.10 bits per heavy atom. The molecule has 0 nitrogen and oxygen atoms in total. The Morgan fingerprint density at radius 3 is 1.90 bits per heavy atom. The van der Waals surface area contributed by atoms with E-state index in [0.29, 0.717) is 0 Å². The van der Waals surface area contributed by atoms with Crippen LogP contribution in [0.1, 0.15) is 52.9 Å². The van der Waals surface area contributed by atoms with Gasteiger partial charge in [-0.05, 0) is 30.6 Å². The van der Waals surface area contributed by atoms with Crippen molar-refractivity contribution in [2.45, 2.75) is 52.9 Å². The minimum Gasteiger partial charge on any atom is -0.0683 e. The van der Waals surface area contributed by atoms with Crippen LogP contribution in [-0.2, 0) is 0 Å². The SMILES string of the molecule is CC.CC1CCCC12CC2. The molecular formula is C10H20. The van der Waals surface area contributed by atoms with Crippen LogP contribution >= 0.6 is 0 Å². The van der Waals surface area contributed by atoms with E-state index >= 15 is 0 Å². The average Bonchev–Trinajstić information content (AvgIpc) is 2.65. The monoisotopic (exact) mass is 140 g/mol. The van der Waals surface area contributed by atoms with E-state index in [9.17, 15) is 0 Å². The van der Waals surface area contributed by atoms with E-state index in [1.54, 1.807) is 19.3 Å². The average molecular weight is 140 g/mol. The maximum absolute atomic E-state index is 2.43. The second kappa shape index (κ2) is 2.94. The zero-order chi connectivity index (χ0) is 7.61. The molecule has 60 valence electrons. The summed E-state index contributed by atoms with van der Waals surface area (Å²) in [7, 11) is 0. The normalized spacial score (nSPS) is 33.3. The Labute approximate surface area is 65.0 Å². The lowest BCUT2D eigenvalue weighted by atomic mass is 9.95. The summed E-state index contributed by atoms with van der Waals surface area (Å²) in [6, 6.07) is 0. The largest absolute Gasteiger partial charge is 0.0683 e. The van der Waals surface area contributed by atoms with E-state index in [-0.39, 0.29) is 0 Å². The zero-order valence-corrected chi connectivity index (χ0v) is 7.61. The third kappa shape index (κ3) is 1.21. The Kier molecular flexibility index (Phi) is 2.38. The molecular weight excluding hydrogens is 120 g/mol. The molecule has 0 heteroatoms. The van der Waals surface area contributed by atoms with Gasteiger partial charge in [0.2, 0.25) is 0 Å². The van der Waals surface area contributed by atoms with Gasteiger partial charge in [-0.15, -0.1) is 0 Å². The zero-order valence-electron chi connectivity index (χ0n) is 7.61. The van der Waals surface area contributed by atoms with Gasteiger partial charge in [0.1, 0.15) is 0 Å². The minimum atomic E-state index is 0.903. The van der Waals surface area contributed by atoms with Gasteiger partial charge < -0.3 is 0 Å². The molecule has 1 atom stereocenters. The summed E-state index contributed by atoms with van der Waals surface area (Å²) in [5.74, 6) is 1.07. The van der Waals surface area contributed by atoms with E-state index in [0.717, 1.165) is 11.3 Å². The molecule has 2 rings (SSSR count). The lowest BCUT2D eigenvalue weighted by Gasteiger charge is -2.10. The lowest BCUT2D eigenvalue weighted by molar-refractivity contribution is 0.396. The summed E-state index contributed by atoms with van der Waals surface area (Å²) >= 11 is 0. The van der Waals surface area contributed by atoms with Crippen molar-refractivity contribution in [2.24, 2.45) is 11.3 Å². The van der Waals surface area contributed by atoms with Crippen LogP contribution < -0.4 is 0 Å². The first-order valence-corrected chi connectivity index (χ1v) is 4.83. The molecule has 2 saturated carbocycles. The van der Waals surface area contributed by atoms with Crippen LogP contribution in [-0.4, -0.2) is 0 Å². The third-order valence-electron chi connectivity index (χ3n) is 3.25. The molecule has 0 aliphatic heterocycles. The van der Waals surface area contributed by atoms with Crippen molar-refractivity contribution in [1.82, 2.24) is 0 Å². The van der Waals surface area contributed by atoms with Crippen LogP contribution in [0, 0.1) is 11.3 Å². The number of hydrogen-bond acceptors (Lipinski definition) is 0. The van der Waals surface area contributed by atoms with E-state index in [4.69, 9.17) is 0 Å². The molecule has 0 saturated heterocycles. The maximum atomic E-state index is 2.43. The minimum absolute atomic E-state index is 0.903. The molecule has 2 aliphatic rings. The van der Waals surface area contributed by atoms with Gasteiger partial charge in [-0.2, -0.15) is 0 Å². The standard InChI is InChI=1S/C8H14.C2H6/c1-7-3-2-4-8(7)5-6-8;1-2/h7H,2-6H2,1H3;1-2H3. The first-order chi connectivity index (χ1) is 4.83. The molecule has 0 radical (unpaired) electrons. The van der Waals surface area contributed by atoms with Gasteiger partial charge in [0.05, 0.1) is 0 Å². The summed E-state index contributed by atoms with van der Waals surface area (Å²) in [5, 5.41) is 0. The molecule has 0 bridgehead atoms. The third-order valence-corrected chi connectivity index (χ3v) is 3.25. The highest BCUT2D eigenvalue weighted by Crippen LogP contribution is 2.60. The molecule has 1 spiro atoms. The fourth-order valence-electron chi connectivity index (χ4n) is 2.22. The fourth-order valence-corrected chi connectivity index (χ4v) is 2.22. The number of rotatable bonds is 0. The van der Waals surface area contributed by atoms with Crippen LogP contribution in [0.5, 0.6) is 0 Å². The van der Waals surface area contributed by atoms with Crippen molar-refractivity contribution in [3.63, 3.8) is 0 Å². The van der Waals surface area contributed by atoms with Crippen molar-refractivity contribution in [3.05, 3.63) is 0 Å². The first-order valence-electron chi connectivity index (χ1n) is 4.83. The summed E-state index contributed by atoms with van der Waals surface area (Å²) in [5.41, 5.74) is 0.903. The van der Waals surface area contributed by atoms with E-state index in [1.807, 2.05) is 13.8 Å². The van der Waals surface area contributed by atoms with Crippen molar-refractivity contribution >= 4 is 0 Å². The smallest absolute Gasteiger partial charge is 0.0271 e. The summed E-state index contributed by atoms with van der Waals surface area (Å²) in [4.78, 5) is 0. The molecule has 0 heterocycles. The second-order valence-electron chi connectivity index (χ2n) is 3.66. The Bertz CT molecular complexity index is 101. The van der Waals surface area contributed by atoms with Gasteiger partial charge >= 0.3 is 0 Å². The summed E-state index contributed by atoms with van der Waals surface area (Å²) in [6.07, 6.45) is 7.68. The van der Waals surface area contributed by atoms with Crippen LogP contribution in [0.15, 0.2) is 0 Å². The molecule has 0 amide bonds. The summed E-state index contributed by atoms with van der Waals surface area (Å²) < 4.78 is 0. The van der Waals surface area contributed by atoms with Crippen LogP contribution in [0.25, 0.3) is 0 Å². The Morgan fingerprint density at radius 2 is 1.70 bits per heavy atom. The van der Waals surface area contributed by atoms with Gasteiger partial charge in [-0.1, -0.05) is 33.6 Å². The number of hydrogen-bond donors (Lipinski definition) is 0. The van der Waals surface area contributed by atoms with Gasteiger partial charge in [0.25, 0.3) is 0 Å². The van der Waals surface area contributed by atoms with Crippen molar-refractivity contribution in [3.8, 4) is 0 Å². The lowest BCUT2D eigenvalue weighted by Crippen LogP contribution is -2.01. The molecule has 10 heavy (non-hydrogen) atoms. The van der Waals surface area contributed by atoms with Gasteiger partial charge in [0, 0.05) is 0 Å². The first kappa shape index (κ1) is 8.10. The van der Waals surface area contributed by atoms with E-state index < -0.39 is 0 Å². The van der Waals surface area contributed by atoms with Crippen molar-refractivity contribution in [2.75, 3.05) is 0 Å². The molecule has 1 unspecified atom stereocenters. The van der Waals surface area contributed by atoms with Crippen LogP contribution in [0.2, 0.25) is 0 Å². The predicted molar refractivity (Wildman–Crippen MR) is 46.0 cm³/mol. The summed E-state index contributed by atoms with van der Waals surface area (Å²) in [6.45, 7) is 6.43. The topological polar surface area (TPSA) is 0 Å². The highest BCUT2D eigenvalue weighted by Gasteiger charge is 2.49. The van der Waals surface area contributed by atoms with Gasteiger partial charge in [0.15, 0.2) is 0 Å². The Hall–Kier alpha value is 0. The quantitative estimate of drug-likeness (QED) is 0.482. The molecule has 2 aliphatic carbocycles. The predicted octanol–water partition coefficient (Wildman–Crippen LogP) is 3.61. The Balaban J connectivity index is 0.000000231. The second-order valence-corrected chi connectivity index (χ2v) is 3.66. The molecule has 0 aromatic carbocycles. The van der Waals surface area contributed by atoms with Crippen LogP contribution in [0.3, 0.4) is 0 Å². The van der Waals surface area contributed by atoms with E-state index in [1.165, 1.54) is 12.8 Å². The van der Waals surface area contributed by atoms with Gasteiger partial charge in [-0.3, -0.25) is 0 Å². The van der Waals surface area contributed by atoms with Crippen molar-refractivity contribution in [1.29, 1.82) is 0 Å². The highest BCUT2D eigenvalue weighted by atomic mass is 14.5. The maximum Gasteiger partial charge on any atom is -0.0271 e. The molecule has 0 aromatic rings. The molecule has 0 aromatic heterocycles. The van der Waals surface area contributed by atoms with E-state index in [2.05, 4.69) is 6.92 Å². The van der Waals surface area contributed by atoms with Crippen molar-refractivity contribution < 1.29 is 0 Å². The molecule has 2 fully saturated rings. The van der Waals surface area contributed by atoms with Crippen LogP contribution in [0.4, 0.5) is 0 Å².